The van der Waals surface area contributed by atoms with Crippen LogP contribution in [-0.4, -0.2) is 9.97 Å². The van der Waals surface area contributed by atoms with Gasteiger partial charge < -0.3 is 0 Å². The lowest BCUT2D eigenvalue weighted by Gasteiger charge is -2.14. The molecule has 0 bridgehead atoms. The Hall–Kier alpha value is -5.34. The van der Waals surface area contributed by atoms with Crippen LogP contribution in [0, 0.1) is 13.8 Å². The molecule has 1 aromatic heterocycles. The van der Waals surface area contributed by atoms with Gasteiger partial charge in [-0.05, 0) is 59.0 Å². The highest BCUT2D eigenvalue weighted by Crippen LogP contribution is 2.37. The van der Waals surface area contributed by atoms with Gasteiger partial charge in [-0.25, -0.2) is 9.97 Å². The van der Waals surface area contributed by atoms with E-state index in [2.05, 4.69) is 123 Å². The predicted octanol–water partition coefficient (Wildman–Crippen LogP) is 10.6. The zero-order valence-electron chi connectivity index (χ0n) is 23.8. The molecule has 200 valence electrons. The van der Waals surface area contributed by atoms with Gasteiger partial charge in [-0.3, -0.25) is 0 Å². The first-order chi connectivity index (χ1) is 20.6. The summed E-state index contributed by atoms with van der Waals surface area (Å²) >= 11 is 0. The monoisotopic (exact) mass is 538 g/mol. The van der Waals surface area contributed by atoms with Gasteiger partial charge in [0.1, 0.15) is 0 Å². The van der Waals surface area contributed by atoms with Crippen molar-refractivity contribution in [1.82, 2.24) is 9.97 Å². The number of rotatable bonds is 5. The number of aryl methyl sites for hydroxylation is 2. The number of fused-ring (bicyclic) bond motifs is 1. The SMILES string of the molecule is Cc1cc(C)cc(-c2ccc(-c3cccc(-c4cc(-c5ccccc5)nc(-c5ccccc5)n4)c3)c3ccccc23)c1. The summed E-state index contributed by atoms with van der Waals surface area (Å²) in [6, 6.07) is 51.4. The van der Waals surface area contributed by atoms with Gasteiger partial charge in [-0.1, -0.05) is 145 Å². The molecule has 1 heterocycles. The van der Waals surface area contributed by atoms with Gasteiger partial charge in [-0.2, -0.15) is 0 Å². The third-order valence-electron chi connectivity index (χ3n) is 7.75. The third kappa shape index (κ3) is 5.00. The molecule has 0 unspecified atom stereocenters. The van der Waals surface area contributed by atoms with E-state index in [9.17, 15) is 0 Å². The molecule has 0 spiro atoms. The lowest BCUT2D eigenvalue weighted by atomic mass is 9.90. The predicted molar refractivity (Wildman–Crippen MR) is 176 cm³/mol. The summed E-state index contributed by atoms with van der Waals surface area (Å²) in [5, 5.41) is 2.49. The summed E-state index contributed by atoms with van der Waals surface area (Å²) < 4.78 is 0. The van der Waals surface area contributed by atoms with E-state index in [4.69, 9.17) is 9.97 Å². The Morgan fingerprint density at radius 3 is 1.50 bits per heavy atom. The molecular formula is C40H30N2. The van der Waals surface area contributed by atoms with Crippen molar-refractivity contribution in [2.45, 2.75) is 13.8 Å². The molecule has 7 aromatic rings. The molecule has 0 aliphatic heterocycles. The fourth-order valence-corrected chi connectivity index (χ4v) is 5.85. The lowest BCUT2D eigenvalue weighted by molar-refractivity contribution is 1.18. The molecule has 0 amide bonds. The van der Waals surface area contributed by atoms with Crippen molar-refractivity contribution in [2.75, 3.05) is 0 Å². The van der Waals surface area contributed by atoms with Crippen molar-refractivity contribution >= 4 is 10.8 Å². The molecule has 0 saturated heterocycles. The normalized spacial score (nSPS) is 11.1. The Kier molecular flexibility index (Phi) is 6.65. The molecule has 42 heavy (non-hydrogen) atoms. The van der Waals surface area contributed by atoms with E-state index in [-0.39, 0.29) is 0 Å². The average Bonchev–Trinajstić information content (AvgIpc) is 3.04. The maximum Gasteiger partial charge on any atom is 0.160 e. The molecule has 7 rings (SSSR count). The van der Waals surface area contributed by atoms with E-state index < -0.39 is 0 Å². The van der Waals surface area contributed by atoms with Gasteiger partial charge in [0, 0.05) is 16.7 Å². The first-order valence-electron chi connectivity index (χ1n) is 14.3. The quantitative estimate of drug-likeness (QED) is 0.218. The Labute approximate surface area is 247 Å². The second-order valence-corrected chi connectivity index (χ2v) is 10.9. The van der Waals surface area contributed by atoms with Crippen LogP contribution in [0.3, 0.4) is 0 Å². The summed E-state index contributed by atoms with van der Waals surface area (Å²) in [6.45, 7) is 4.33. The number of benzene rings is 6. The Bertz CT molecular complexity index is 1970. The van der Waals surface area contributed by atoms with Gasteiger partial charge >= 0.3 is 0 Å². The van der Waals surface area contributed by atoms with Crippen LogP contribution in [0.15, 0.2) is 146 Å². The topological polar surface area (TPSA) is 25.8 Å². The molecule has 0 fully saturated rings. The highest BCUT2D eigenvalue weighted by atomic mass is 14.9. The standard InChI is InChI=1S/C40H30N2/c1-27-22-28(2)24-33(23-27)35-21-20-34(36-18-9-10-19-37(35)36)31-16-11-17-32(25-31)39-26-38(29-12-5-3-6-13-29)41-40(42-39)30-14-7-4-8-15-30/h3-26H,1-2H3. The van der Waals surface area contributed by atoms with E-state index in [1.54, 1.807) is 0 Å². The molecular weight excluding hydrogens is 508 g/mol. The van der Waals surface area contributed by atoms with Crippen molar-refractivity contribution in [2.24, 2.45) is 0 Å². The number of aromatic nitrogens is 2. The zero-order chi connectivity index (χ0) is 28.5. The van der Waals surface area contributed by atoms with Gasteiger partial charge in [0.15, 0.2) is 5.82 Å². The van der Waals surface area contributed by atoms with Gasteiger partial charge in [0.2, 0.25) is 0 Å². The van der Waals surface area contributed by atoms with Crippen molar-refractivity contribution in [3.05, 3.63) is 157 Å². The molecule has 0 atom stereocenters. The Morgan fingerprint density at radius 1 is 0.357 bits per heavy atom. The number of hydrogen-bond donors (Lipinski definition) is 0. The lowest BCUT2D eigenvalue weighted by Crippen LogP contribution is -1.96. The summed E-state index contributed by atoms with van der Waals surface area (Å²) in [4.78, 5) is 10.0. The van der Waals surface area contributed by atoms with Crippen molar-refractivity contribution < 1.29 is 0 Å². The van der Waals surface area contributed by atoms with Crippen LogP contribution in [0.4, 0.5) is 0 Å². The van der Waals surface area contributed by atoms with Crippen molar-refractivity contribution in [3.8, 4) is 56.2 Å². The molecule has 0 aliphatic carbocycles. The van der Waals surface area contributed by atoms with Gasteiger partial charge in [0.05, 0.1) is 11.4 Å². The molecule has 2 heteroatoms. The fourth-order valence-electron chi connectivity index (χ4n) is 5.85. The van der Waals surface area contributed by atoms with Crippen LogP contribution < -0.4 is 0 Å². The second-order valence-electron chi connectivity index (χ2n) is 10.9. The van der Waals surface area contributed by atoms with Gasteiger partial charge in [0.25, 0.3) is 0 Å². The van der Waals surface area contributed by atoms with Crippen LogP contribution in [-0.2, 0) is 0 Å². The molecule has 0 aliphatic rings. The molecule has 0 radical (unpaired) electrons. The van der Waals surface area contributed by atoms with Crippen molar-refractivity contribution in [1.29, 1.82) is 0 Å². The highest BCUT2D eigenvalue weighted by Gasteiger charge is 2.13. The Balaban J connectivity index is 1.37. The smallest absolute Gasteiger partial charge is 0.160 e. The van der Waals surface area contributed by atoms with Crippen LogP contribution in [0.25, 0.3) is 66.9 Å². The number of hydrogen-bond acceptors (Lipinski definition) is 2. The van der Waals surface area contributed by atoms with Crippen LogP contribution in [0.5, 0.6) is 0 Å². The Morgan fingerprint density at radius 2 is 0.857 bits per heavy atom. The second kappa shape index (κ2) is 10.9. The van der Waals surface area contributed by atoms with Gasteiger partial charge in [-0.15, -0.1) is 0 Å². The minimum Gasteiger partial charge on any atom is -0.228 e. The highest BCUT2D eigenvalue weighted by molar-refractivity contribution is 6.05. The zero-order valence-corrected chi connectivity index (χ0v) is 23.8. The molecule has 6 aromatic carbocycles. The van der Waals surface area contributed by atoms with E-state index in [0.717, 1.165) is 39.5 Å². The number of nitrogens with zero attached hydrogens (tertiary/aromatic N) is 2. The fraction of sp³-hybridized carbons (Fsp3) is 0.0500. The largest absolute Gasteiger partial charge is 0.228 e. The summed E-state index contributed by atoms with van der Waals surface area (Å²) in [7, 11) is 0. The first kappa shape index (κ1) is 25.6. The summed E-state index contributed by atoms with van der Waals surface area (Å²) in [6.07, 6.45) is 0. The minimum atomic E-state index is 0.723. The summed E-state index contributed by atoms with van der Waals surface area (Å²) in [5.74, 6) is 0.723. The maximum atomic E-state index is 5.06. The van der Waals surface area contributed by atoms with Crippen LogP contribution in [0.2, 0.25) is 0 Å². The first-order valence-corrected chi connectivity index (χ1v) is 14.3. The minimum absolute atomic E-state index is 0.723. The molecule has 0 N–H and O–H groups in total. The van der Waals surface area contributed by atoms with Crippen LogP contribution in [0.1, 0.15) is 11.1 Å². The molecule has 2 nitrogen and oxygen atoms in total. The van der Waals surface area contributed by atoms with E-state index in [1.165, 1.54) is 38.6 Å². The molecule has 0 saturated carbocycles. The third-order valence-corrected chi connectivity index (χ3v) is 7.75. The summed E-state index contributed by atoms with van der Waals surface area (Å²) in [5.41, 5.74) is 12.4. The van der Waals surface area contributed by atoms with Crippen molar-refractivity contribution in [3.63, 3.8) is 0 Å². The van der Waals surface area contributed by atoms with E-state index in [1.807, 2.05) is 36.4 Å². The van der Waals surface area contributed by atoms with E-state index >= 15 is 0 Å². The average molecular weight is 539 g/mol. The van der Waals surface area contributed by atoms with Crippen LogP contribution >= 0.6 is 0 Å². The maximum absolute atomic E-state index is 5.06. The van der Waals surface area contributed by atoms with E-state index in [0.29, 0.717) is 0 Å².